The molecule has 1 aromatic rings. The molecular formula is C17H26N2O3. The number of benzene rings is 1. The van der Waals surface area contributed by atoms with Crippen LogP contribution in [-0.2, 0) is 11.2 Å². The third-order valence-electron chi connectivity index (χ3n) is 4.40. The molecule has 2 atom stereocenters. The minimum atomic E-state index is 0.0973. The van der Waals surface area contributed by atoms with E-state index >= 15 is 0 Å². The van der Waals surface area contributed by atoms with E-state index in [0.29, 0.717) is 36.8 Å². The number of rotatable bonds is 7. The number of hydrogen-bond acceptors (Lipinski definition) is 4. The summed E-state index contributed by atoms with van der Waals surface area (Å²) in [6.07, 6.45) is 4.49. The summed E-state index contributed by atoms with van der Waals surface area (Å²) in [5.41, 5.74) is 6.81. The van der Waals surface area contributed by atoms with Gasteiger partial charge in [-0.15, -0.1) is 0 Å². The SMILES string of the molecule is COc1ccc(CCC(=O)NC2CCCC2CN)cc1OC. The minimum Gasteiger partial charge on any atom is -0.493 e. The molecule has 0 spiro atoms. The highest BCUT2D eigenvalue weighted by molar-refractivity contribution is 5.76. The summed E-state index contributed by atoms with van der Waals surface area (Å²) in [6.45, 7) is 0.653. The van der Waals surface area contributed by atoms with Gasteiger partial charge in [0.15, 0.2) is 11.5 Å². The van der Waals surface area contributed by atoms with Gasteiger partial charge in [0.2, 0.25) is 5.91 Å². The van der Waals surface area contributed by atoms with Crippen LogP contribution in [0.15, 0.2) is 18.2 Å². The number of ether oxygens (including phenoxy) is 2. The number of aryl methyl sites for hydroxylation is 1. The van der Waals surface area contributed by atoms with Crippen molar-refractivity contribution in [2.45, 2.75) is 38.1 Å². The molecule has 0 saturated heterocycles. The summed E-state index contributed by atoms with van der Waals surface area (Å²) in [5, 5.41) is 3.13. The lowest BCUT2D eigenvalue weighted by molar-refractivity contribution is -0.122. The van der Waals surface area contributed by atoms with Crippen LogP contribution < -0.4 is 20.5 Å². The molecule has 1 fully saturated rings. The highest BCUT2D eigenvalue weighted by Gasteiger charge is 2.27. The predicted molar refractivity (Wildman–Crippen MR) is 86.2 cm³/mol. The van der Waals surface area contributed by atoms with Gasteiger partial charge in [-0.1, -0.05) is 12.5 Å². The van der Waals surface area contributed by atoms with Crippen molar-refractivity contribution < 1.29 is 14.3 Å². The molecule has 0 radical (unpaired) electrons. The Balaban J connectivity index is 1.86. The Labute approximate surface area is 132 Å². The number of hydrogen-bond donors (Lipinski definition) is 2. The zero-order valence-corrected chi connectivity index (χ0v) is 13.4. The van der Waals surface area contributed by atoms with Gasteiger partial charge >= 0.3 is 0 Å². The Morgan fingerprint density at radius 3 is 2.73 bits per heavy atom. The molecule has 122 valence electrons. The lowest BCUT2D eigenvalue weighted by atomic mass is 10.0. The van der Waals surface area contributed by atoms with Crippen molar-refractivity contribution in [2.75, 3.05) is 20.8 Å². The molecular weight excluding hydrogens is 280 g/mol. The van der Waals surface area contributed by atoms with Gasteiger partial charge in [0.1, 0.15) is 0 Å². The summed E-state index contributed by atoms with van der Waals surface area (Å²) in [7, 11) is 3.22. The third-order valence-corrected chi connectivity index (χ3v) is 4.40. The maximum Gasteiger partial charge on any atom is 0.220 e. The fourth-order valence-electron chi connectivity index (χ4n) is 3.08. The second kappa shape index (κ2) is 8.03. The Morgan fingerprint density at radius 1 is 1.27 bits per heavy atom. The van der Waals surface area contributed by atoms with Crippen molar-refractivity contribution in [1.29, 1.82) is 0 Å². The van der Waals surface area contributed by atoms with E-state index in [0.717, 1.165) is 24.8 Å². The van der Waals surface area contributed by atoms with Crippen LogP contribution in [0.3, 0.4) is 0 Å². The number of carbonyl (C=O) groups is 1. The molecule has 0 bridgehead atoms. The molecule has 2 unspecified atom stereocenters. The fraction of sp³-hybridized carbons (Fsp3) is 0.588. The normalized spacial score (nSPS) is 20.7. The highest BCUT2D eigenvalue weighted by Crippen LogP contribution is 2.28. The van der Waals surface area contributed by atoms with Gasteiger partial charge in [-0.05, 0) is 49.4 Å². The van der Waals surface area contributed by atoms with Crippen molar-refractivity contribution in [3.8, 4) is 11.5 Å². The number of amides is 1. The van der Waals surface area contributed by atoms with E-state index in [9.17, 15) is 4.79 Å². The largest absolute Gasteiger partial charge is 0.493 e. The van der Waals surface area contributed by atoms with Crippen LogP contribution in [0, 0.1) is 5.92 Å². The third kappa shape index (κ3) is 4.13. The number of nitrogens with one attached hydrogen (secondary N) is 1. The van der Waals surface area contributed by atoms with Gasteiger partial charge in [-0.3, -0.25) is 4.79 Å². The van der Waals surface area contributed by atoms with Gasteiger partial charge in [0.05, 0.1) is 14.2 Å². The molecule has 1 aromatic carbocycles. The van der Waals surface area contributed by atoms with Gasteiger partial charge in [0.25, 0.3) is 0 Å². The highest BCUT2D eigenvalue weighted by atomic mass is 16.5. The first-order chi connectivity index (χ1) is 10.7. The number of carbonyl (C=O) groups excluding carboxylic acids is 1. The average molecular weight is 306 g/mol. The van der Waals surface area contributed by atoms with Crippen molar-refractivity contribution in [3.63, 3.8) is 0 Å². The van der Waals surface area contributed by atoms with Gasteiger partial charge in [-0.25, -0.2) is 0 Å². The van der Waals surface area contributed by atoms with Crippen LogP contribution in [0.25, 0.3) is 0 Å². The standard InChI is InChI=1S/C17H26N2O3/c1-21-15-8-6-12(10-16(15)22-2)7-9-17(20)19-14-5-3-4-13(14)11-18/h6,8,10,13-14H,3-5,7,9,11,18H2,1-2H3,(H,19,20). The molecule has 1 aliphatic rings. The van der Waals surface area contributed by atoms with E-state index in [4.69, 9.17) is 15.2 Å². The average Bonchev–Trinajstić information content (AvgIpc) is 2.99. The zero-order valence-electron chi connectivity index (χ0n) is 13.4. The first-order valence-corrected chi connectivity index (χ1v) is 7.88. The number of methoxy groups -OCH3 is 2. The minimum absolute atomic E-state index is 0.0973. The predicted octanol–water partition coefficient (Wildman–Crippen LogP) is 1.88. The van der Waals surface area contributed by atoms with Crippen LogP contribution in [0.4, 0.5) is 0 Å². The molecule has 0 aromatic heterocycles. The van der Waals surface area contributed by atoms with Gasteiger partial charge in [0, 0.05) is 12.5 Å². The lowest BCUT2D eigenvalue weighted by Crippen LogP contribution is -2.39. The molecule has 5 nitrogen and oxygen atoms in total. The van der Waals surface area contributed by atoms with E-state index in [1.807, 2.05) is 18.2 Å². The molecule has 2 rings (SSSR count). The van der Waals surface area contributed by atoms with E-state index in [1.165, 1.54) is 0 Å². The molecule has 22 heavy (non-hydrogen) atoms. The van der Waals surface area contributed by atoms with E-state index < -0.39 is 0 Å². The monoisotopic (exact) mass is 306 g/mol. The van der Waals surface area contributed by atoms with E-state index in [1.54, 1.807) is 14.2 Å². The smallest absolute Gasteiger partial charge is 0.220 e. The van der Waals surface area contributed by atoms with Crippen LogP contribution in [0.2, 0.25) is 0 Å². The maximum absolute atomic E-state index is 12.1. The van der Waals surface area contributed by atoms with Crippen LogP contribution in [0.1, 0.15) is 31.2 Å². The van der Waals surface area contributed by atoms with Crippen molar-refractivity contribution in [3.05, 3.63) is 23.8 Å². The Kier molecular flexibility index (Phi) is 6.07. The molecule has 3 N–H and O–H groups in total. The van der Waals surface area contributed by atoms with E-state index in [2.05, 4.69) is 5.32 Å². The van der Waals surface area contributed by atoms with Crippen LogP contribution in [-0.4, -0.2) is 32.7 Å². The second-order valence-corrected chi connectivity index (χ2v) is 5.79. The second-order valence-electron chi connectivity index (χ2n) is 5.79. The van der Waals surface area contributed by atoms with Gasteiger partial charge in [-0.2, -0.15) is 0 Å². The van der Waals surface area contributed by atoms with Crippen LogP contribution in [0.5, 0.6) is 11.5 Å². The molecule has 5 heteroatoms. The van der Waals surface area contributed by atoms with Crippen molar-refractivity contribution in [1.82, 2.24) is 5.32 Å². The maximum atomic E-state index is 12.1. The van der Waals surface area contributed by atoms with E-state index in [-0.39, 0.29) is 11.9 Å². The first-order valence-electron chi connectivity index (χ1n) is 7.88. The quantitative estimate of drug-likeness (QED) is 0.806. The summed E-state index contributed by atoms with van der Waals surface area (Å²) in [5.74, 6) is 1.93. The lowest BCUT2D eigenvalue weighted by Gasteiger charge is -2.19. The van der Waals surface area contributed by atoms with Gasteiger partial charge < -0.3 is 20.5 Å². The molecule has 1 aliphatic carbocycles. The molecule has 0 aliphatic heterocycles. The summed E-state index contributed by atoms with van der Waals surface area (Å²) in [6, 6.07) is 6.01. The summed E-state index contributed by atoms with van der Waals surface area (Å²) in [4.78, 5) is 12.1. The molecule has 1 amide bonds. The first kappa shape index (κ1) is 16.6. The Morgan fingerprint density at radius 2 is 2.05 bits per heavy atom. The summed E-state index contributed by atoms with van der Waals surface area (Å²) < 4.78 is 10.5. The van der Waals surface area contributed by atoms with Crippen molar-refractivity contribution >= 4 is 5.91 Å². The van der Waals surface area contributed by atoms with Crippen molar-refractivity contribution in [2.24, 2.45) is 11.7 Å². The topological polar surface area (TPSA) is 73.6 Å². The van der Waals surface area contributed by atoms with Crippen LogP contribution >= 0.6 is 0 Å². The molecule has 0 heterocycles. The zero-order chi connectivity index (χ0) is 15.9. The Bertz CT molecular complexity index is 505. The fourth-order valence-corrected chi connectivity index (χ4v) is 3.08. The molecule has 1 saturated carbocycles. The summed E-state index contributed by atoms with van der Waals surface area (Å²) >= 11 is 0. The Hall–Kier alpha value is -1.75. The number of nitrogens with two attached hydrogens (primary N) is 1.